The number of rotatable bonds is 4. The number of anilines is 1. The molecule has 0 saturated heterocycles. The molecule has 0 fully saturated rings. The van der Waals surface area contributed by atoms with Crippen LogP contribution in [-0.4, -0.2) is 23.3 Å². The standard InChI is InChI=1S/C14H22N2O3/c1-14(2,3)19-13(18)16-11-7-5-4-6-10(11)12(17)8-9-15/h4-7,12,17H,8-9,15H2,1-3H3,(H,16,18). The number of benzene rings is 1. The normalized spacial score (nSPS) is 12.9. The molecule has 1 aromatic rings. The van der Waals surface area contributed by atoms with Gasteiger partial charge in [0.15, 0.2) is 0 Å². The van der Waals surface area contributed by atoms with E-state index in [0.29, 0.717) is 24.2 Å². The third-order valence-electron chi connectivity index (χ3n) is 2.40. The molecule has 0 heterocycles. The summed E-state index contributed by atoms with van der Waals surface area (Å²) >= 11 is 0. The summed E-state index contributed by atoms with van der Waals surface area (Å²) in [4.78, 5) is 11.7. The highest BCUT2D eigenvalue weighted by atomic mass is 16.6. The van der Waals surface area contributed by atoms with E-state index in [9.17, 15) is 9.90 Å². The zero-order valence-electron chi connectivity index (χ0n) is 11.6. The molecule has 0 bridgehead atoms. The number of hydrogen-bond donors (Lipinski definition) is 3. The minimum Gasteiger partial charge on any atom is -0.444 e. The highest BCUT2D eigenvalue weighted by Crippen LogP contribution is 2.25. The molecule has 1 atom stereocenters. The van der Waals surface area contributed by atoms with Crippen LogP contribution in [0.5, 0.6) is 0 Å². The summed E-state index contributed by atoms with van der Waals surface area (Å²) in [6.45, 7) is 5.76. The maximum atomic E-state index is 11.7. The van der Waals surface area contributed by atoms with Crippen LogP contribution in [0.1, 0.15) is 38.9 Å². The highest BCUT2D eigenvalue weighted by Gasteiger charge is 2.18. The van der Waals surface area contributed by atoms with Crippen molar-refractivity contribution in [1.29, 1.82) is 0 Å². The van der Waals surface area contributed by atoms with Crippen molar-refractivity contribution in [1.82, 2.24) is 0 Å². The zero-order valence-corrected chi connectivity index (χ0v) is 11.6. The molecule has 0 radical (unpaired) electrons. The maximum absolute atomic E-state index is 11.7. The van der Waals surface area contributed by atoms with E-state index < -0.39 is 17.8 Å². The van der Waals surface area contributed by atoms with Crippen LogP contribution < -0.4 is 11.1 Å². The Morgan fingerprint density at radius 1 is 1.42 bits per heavy atom. The molecule has 0 spiro atoms. The Morgan fingerprint density at radius 3 is 2.63 bits per heavy atom. The first kappa shape index (κ1) is 15.5. The summed E-state index contributed by atoms with van der Waals surface area (Å²) < 4.78 is 5.18. The Kier molecular flexibility index (Phi) is 5.32. The van der Waals surface area contributed by atoms with Crippen LogP contribution in [0.15, 0.2) is 24.3 Å². The van der Waals surface area contributed by atoms with Gasteiger partial charge in [0.1, 0.15) is 5.60 Å². The van der Waals surface area contributed by atoms with Crippen LogP contribution in [0.4, 0.5) is 10.5 Å². The van der Waals surface area contributed by atoms with Crippen LogP contribution in [0.25, 0.3) is 0 Å². The second kappa shape index (κ2) is 6.54. The summed E-state index contributed by atoms with van der Waals surface area (Å²) in [6.07, 6.45) is -0.802. The van der Waals surface area contributed by atoms with Gasteiger partial charge in [-0.2, -0.15) is 0 Å². The summed E-state index contributed by atoms with van der Waals surface area (Å²) in [7, 11) is 0. The van der Waals surface area contributed by atoms with E-state index in [4.69, 9.17) is 10.5 Å². The van der Waals surface area contributed by atoms with Crippen molar-refractivity contribution in [2.45, 2.75) is 38.9 Å². The molecule has 19 heavy (non-hydrogen) atoms. The number of aliphatic hydroxyl groups is 1. The molecule has 1 unspecified atom stereocenters. The second-order valence-electron chi connectivity index (χ2n) is 5.31. The molecule has 4 N–H and O–H groups in total. The minimum atomic E-state index is -0.698. The van der Waals surface area contributed by atoms with Gasteiger partial charge in [-0.3, -0.25) is 5.32 Å². The van der Waals surface area contributed by atoms with Crippen molar-refractivity contribution in [2.24, 2.45) is 5.73 Å². The van der Waals surface area contributed by atoms with Gasteiger partial charge in [-0.25, -0.2) is 4.79 Å². The fourth-order valence-electron chi connectivity index (χ4n) is 1.63. The lowest BCUT2D eigenvalue weighted by molar-refractivity contribution is 0.0635. The van der Waals surface area contributed by atoms with Gasteiger partial charge in [0.25, 0.3) is 0 Å². The smallest absolute Gasteiger partial charge is 0.412 e. The molecular formula is C14H22N2O3. The quantitative estimate of drug-likeness (QED) is 0.781. The minimum absolute atomic E-state index is 0.377. The second-order valence-corrected chi connectivity index (χ2v) is 5.31. The fraction of sp³-hybridized carbons (Fsp3) is 0.500. The number of carbonyl (C=O) groups excluding carboxylic acids is 1. The number of ether oxygens (including phenoxy) is 1. The molecule has 1 rings (SSSR count). The number of amides is 1. The number of aliphatic hydroxyl groups excluding tert-OH is 1. The lowest BCUT2D eigenvalue weighted by atomic mass is 10.0. The Morgan fingerprint density at radius 2 is 2.05 bits per heavy atom. The van der Waals surface area contributed by atoms with E-state index in [0.717, 1.165) is 0 Å². The van der Waals surface area contributed by atoms with E-state index in [-0.39, 0.29) is 0 Å². The Bertz CT molecular complexity index is 427. The van der Waals surface area contributed by atoms with Gasteiger partial charge in [0.05, 0.1) is 6.10 Å². The monoisotopic (exact) mass is 266 g/mol. The lowest BCUT2D eigenvalue weighted by Crippen LogP contribution is -2.27. The average molecular weight is 266 g/mol. The molecule has 5 heteroatoms. The topological polar surface area (TPSA) is 84.6 Å². The number of carbonyl (C=O) groups is 1. The van der Waals surface area contributed by atoms with E-state index in [1.54, 1.807) is 45.0 Å². The van der Waals surface area contributed by atoms with Gasteiger partial charge in [0, 0.05) is 11.3 Å². The van der Waals surface area contributed by atoms with Gasteiger partial charge in [-0.1, -0.05) is 18.2 Å². The molecule has 0 saturated carbocycles. The van der Waals surface area contributed by atoms with Gasteiger partial charge < -0.3 is 15.6 Å². The van der Waals surface area contributed by atoms with E-state index >= 15 is 0 Å². The SMILES string of the molecule is CC(C)(C)OC(=O)Nc1ccccc1C(O)CCN. The van der Waals surface area contributed by atoms with Crippen molar-refractivity contribution in [3.63, 3.8) is 0 Å². The van der Waals surface area contributed by atoms with Crippen LogP contribution in [0.2, 0.25) is 0 Å². The Labute approximate surface area is 113 Å². The van der Waals surface area contributed by atoms with E-state index in [2.05, 4.69) is 5.32 Å². The highest BCUT2D eigenvalue weighted by molar-refractivity contribution is 5.86. The average Bonchev–Trinajstić information content (AvgIpc) is 2.27. The molecule has 106 valence electrons. The van der Waals surface area contributed by atoms with E-state index in [1.165, 1.54) is 0 Å². The first-order valence-electron chi connectivity index (χ1n) is 6.30. The molecule has 0 aromatic heterocycles. The van der Waals surface area contributed by atoms with Crippen LogP contribution in [0.3, 0.4) is 0 Å². The van der Waals surface area contributed by atoms with Crippen molar-refractivity contribution in [2.75, 3.05) is 11.9 Å². The predicted octanol–water partition coefficient (Wildman–Crippen LogP) is 2.42. The summed E-state index contributed by atoms with van der Waals surface area (Å²) in [5.41, 5.74) is 6.05. The zero-order chi connectivity index (χ0) is 14.5. The van der Waals surface area contributed by atoms with Gasteiger partial charge >= 0.3 is 6.09 Å². The van der Waals surface area contributed by atoms with Gasteiger partial charge in [-0.15, -0.1) is 0 Å². The molecule has 1 amide bonds. The van der Waals surface area contributed by atoms with Gasteiger partial charge in [0.2, 0.25) is 0 Å². The summed E-state index contributed by atoms with van der Waals surface area (Å²) in [5, 5.41) is 12.6. The van der Waals surface area contributed by atoms with Crippen LogP contribution in [0, 0.1) is 0 Å². The van der Waals surface area contributed by atoms with E-state index in [1.807, 2.05) is 0 Å². The molecule has 0 aliphatic rings. The number of para-hydroxylation sites is 1. The maximum Gasteiger partial charge on any atom is 0.412 e. The van der Waals surface area contributed by atoms with Crippen LogP contribution >= 0.6 is 0 Å². The first-order chi connectivity index (χ1) is 8.83. The number of hydrogen-bond acceptors (Lipinski definition) is 4. The van der Waals surface area contributed by atoms with Crippen LogP contribution in [-0.2, 0) is 4.74 Å². The predicted molar refractivity (Wildman–Crippen MR) is 74.9 cm³/mol. The van der Waals surface area contributed by atoms with Gasteiger partial charge in [-0.05, 0) is 39.8 Å². The molecule has 0 aliphatic carbocycles. The molecule has 1 aromatic carbocycles. The lowest BCUT2D eigenvalue weighted by Gasteiger charge is -2.21. The third-order valence-corrected chi connectivity index (χ3v) is 2.40. The summed E-state index contributed by atoms with van der Waals surface area (Å²) in [6, 6.07) is 7.06. The molecule has 5 nitrogen and oxygen atoms in total. The first-order valence-corrected chi connectivity index (χ1v) is 6.30. The Balaban J connectivity index is 2.81. The van der Waals surface area contributed by atoms with Crippen molar-refractivity contribution < 1.29 is 14.6 Å². The van der Waals surface area contributed by atoms with Crippen molar-refractivity contribution >= 4 is 11.8 Å². The summed E-state index contributed by atoms with van der Waals surface area (Å²) in [5.74, 6) is 0. The van der Waals surface area contributed by atoms with Crippen molar-refractivity contribution in [3.8, 4) is 0 Å². The fourth-order valence-corrected chi connectivity index (χ4v) is 1.63. The molecule has 0 aliphatic heterocycles. The van der Waals surface area contributed by atoms with Crippen molar-refractivity contribution in [3.05, 3.63) is 29.8 Å². The largest absolute Gasteiger partial charge is 0.444 e. The number of nitrogens with two attached hydrogens (primary N) is 1. The third kappa shape index (κ3) is 5.28. The Hall–Kier alpha value is -1.59. The molecular weight excluding hydrogens is 244 g/mol. The number of nitrogens with one attached hydrogen (secondary N) is 1.